The van der Waals surface area contributed by atoms with Gasteiger partial charge in [-0.15, -0.1) is 0 Å². The Morgan fingerprint density at radius 2 is 1.73 bits per heavy atom. The van der Waals surface area contributed by atoms with Gasteiger partial charge in [-0.25, -0.2) is 5.43 Å². The van der Waals surface area contributed by atoms with Crippen molar-refractivity contribution in [1.82, 2.24) is 5.43 Å². The summed E-state index contributed by atoms with van der Waals surface area (Å²) in [5, 5.41) is 31.7. The van der Waals surface area contributed by atoms with Crippen molar-refractivity contribution in [3.05, 3.63) is 47.5 Å². The van der Waals surface area contributed by atoms with Gasteiger partial charge in [0, 0.05) is 5.56 Å². The molecule has 0 aliphatic rings. The number of carbonyl (C=O) groups is 1. The highest BCUT2D eigenvalue weighted by molar-refractivity contribution is 5.96. The number of phenols is 3. The predicted octanol–water partition coefficient (Wildman–Crippen LogP) is 1.58. The minimum atomic E-state index is -0.682. The number of rotatable bonds is 4. The van der Waals surface area contributed by atoms with Crippen LogP contribution in [0.3, 0.4) is 0 Å². The Bertz CT molecular complexity index is 687. The molecule has 0 radical (unpaired) electrons. The van der Waals surface area contributed by atoms with Gasteiger partial charge in [-0.1, -0.05) is 0 Å². The van der Waals surface area contributed by atoms with Gasteiger partial charge in [-0.3, -0.25) is 4.79 Å². The quantitative estimate of drug-likeness (QED) is 0.389. The monoisotopic (exact) mass is 302 g/mol. The zero-order chi connectivity index (χ0) is 16.1. The fourth-order valence-electron chi connectivity index (χ4n) is 1.66. The average molecular weight is 302 g/mol. The molecule has 0 saturated carbocycles. The standard InChI is InChI=1S/C15H14N2O5/c1-22-11-4-2-9(3-5-11)8-16-17-15(21)10-6-12(18)14(20)13(19)7-10/h2-8,18-20H,1H3,(H,17,21)/b16-8-. The van der Waals surface area contributed by atoms with Crippen LogP contribution in [0.4, 0.5) is 0 Å². The van der Waals surface area contributed by atoms with Crippen molar-refractivity contribution in [3.63, 3.8) is 0 Å². The van der Waals surface area contributed by atoms with Crippen molar-refractivity contribution < 1.29 is 24.9 Å². The van der Waals surface area contributed by atoms with E-state index in [0.29, 0.717) is 5.75 Å². The zero-order valence-electron chi connectivity index (χ0n) is 11.6. The number of aromatic hydroxyl groups is 3. The van der Waals surface area contributed by atoms with Crippen LogP contribution in [0.25, 0.3) is 0 Å². The first-order valence-corrected chi connectivity index (χ1v) is 6.23. The fraction of sp³-hybridized carbons (Fsp3) is 0.0667. The van der Waals surface area contributed by atoms with Crippen LogP contribution in [0.15, 0.2) is 41.5 Å². The minimum absolute atomic E-state index is 0.0420. The van der Waals surface area contributed by atoms with E-state index in [0.717, 1.165) is 17.7 Å². The van der Waals surface area contributed by atoms with E-state index in [2.05, 4.69) is 10.5 Å². The molecule has 0 spiro atoms. The average Bonchev–Trinajstić information content (AvgIpc) is 2.52. The lowest BCUT2D eigenvalue weighted by atomic mass is 10.2. The molecule has 0 aliphatic heterocycles. The van der Waals surface area contributed by atoms with Crippen molar-refractivity contribution >= 4 is 12.1 Å². The summed E-state index contributed by atoms with van der Waals surface area (Å²) in [6.07, 6.45) is 1.43. The molecule has 4 N–H and O–H groups in total. The van der Waals surface area contributed by atoms with Gasteiger partial charge in [-0.2, -0.15) is 5.10 Å². The second-order valence-electron chi connectivity index (χ2n) is 4.34. The van der Waals surface area contributed by atoms with Gasteiger partial charge in [0.1, 0.15) is 5.75 Å². The van der Waals surface area contributed by atoms with Crippen LogP contribution in [-0.2, 0) is 0 Å². The Hall–Kier alpha value is -3.22. The maximum Gasteiger partial charge on any atom is 0.271 e. The fourth-order valence-corrected chi connectivity index (χ4v) is 1.66. The van der Waals surface area contributed by atoms with Gasteiger partial charge >= 0.3 is 0 Å². The van der Waals surface area contributed by atoms with E-state index >= 15 is 0 Å². The lowest BCUT2D eigenvalue weighted by Gasteiger charge is -2.04. The molecule has 0 heterocycles. The molecule has 0 aliphatic carbocycles. The van der Waals surface area contributed by atoms with Gasteiger partial charge in [-0.05, 0) is 42.0 Å². The number of hydrogen-bond donors (Lipinski definition) is 4. The molecule has 2 rings (SSSR count). The molecule has 114 valence electrons. The van der Waals surface area contributed by atoms with Crippen LogP contribution in [0, 0.1) is 0 Å². The van der Waals surface area contributed by atoms with E-state index in [1.165, 1.54) is 6.21 Å². The van der Waals surface area contributed by atoms with E-state index in [9.17, 15) is 20.1 Å². The summed E-state index contributed by atoms with van der Waals surface area (Å²) in [7, 11) is 1.56. The van der Waals surface area contributed by atoms with Gasteiger partial charge in [0.2, 0.25) is 0 Å². The van der Waals surface area contributed by atoms with Crippen LogP contribution in [0.1, 0.15) is 15.9 Å². The second-order valence-corrected chi connectivity index (χ2v) is 4.34. The van der Waals surface area contributed by atoms with E-state index in [1.54, 1.807) is 31.4 Å². The smallest absolute Gasteiger partial charge is 0.271 e. The normalized spacial score (nSPS) is 10.6. The summed E-state index contributed by atoms with van der Waals surface area (Å²) in [5.74, 6) is -1.81. The molecule has 0 fully saturated rings. The lowest BCUT2D eigenvalue weighted by Crippen LogP contribution is -2.17. The first-order valence-electron chi connectivity index (χ1n) is 6.23. The number of nitrogens with zero attached hydrogens (tertiary/aromatic N) is 1. The van der Waals surface area contributed by atoms with Crippen LogP contribution in [0.2, 0.25) is 0 Å². The first-order chi connectivity index (χ1) is 10.5. The van der Waals surface area contributed by atoms with E-state index in [-0.39, 0.29) is 5.56 Å². The van der Waals surface area contributed by atoms with Gasteiger partial charge in [0.25, 0.3) is 5.91 Å². The highest BCUT2D eigenvalue weighted by atomic mass is 16.5. The van der Waals surface area contributed by atoms with Crippen LogP contribution in [-0.4, -0.2) is 34.6 Å². The third kappa shape index (κ3) is 3.45. The summed E-state index contributed by atoms with van der Waals surface area (Å²) >= 11 is 0. The van der Waals surface area contributed by atoms with E-state index in [4.69, 9.17) is 4.74 Å². The molecule has 0 bridgehead atoms. The van der Waals surface area contributed by atoms with Crippen molar-refractivity contribution in [2.75, 3.05) is 7.11 Å². The number of nitrogens with one attached hydrogen (secondary N) is 1. The molecule has 1 amide bonds. The lowest BCUT2D eigenvalue weighted by molar-refractivity contribution is 0.0954. The SMILES string of the molecule is COc1ccc(/C=N\NC(=O)c2cc(O)c(O)c(O)c2)cc1. The highest BCUT2D eigenvalue weighted by Crippen LogP contribution is 2.35. The summed E-state index contributed by atoms with van der Waals surface area (Å²) in [5.41, 5.74) is 2.95. The Kier molecular flexibility index (Phi) is 4.47. The minimum Gasteiger partial charge on any atom is -0.504 e. The Balaban J connectivity index is 2.04. The zero-order valence-corrected chi connectivity index (χ0v) is 11.6. The first kappa shape index (κ1) is 15.2. The largest absolute Gasteiger partial charge is 0.504 e. The molecule has 0 aromatic heterocycles. The molecule has 0 atom stereocenters. The van der Waals surface area contributed by atoms with Crippen molar-refractivity contribution in [2.24, 2.45) is 5.10 Å². The number of carbonyl (C=O) groups excluding carboxylic acids is 1. The maximum absolute atomic E-state index is 11.8. The van der Waals surface area contributed by atoms with E-state index in [1.807, 2.05) is 0 Å². The van der Waals surface area contributed by atoms with Gasteiger partial charge in [0.15, 0.2) is 17.2 Å². The number of methoxy groups -OCH3 is 1. The van der Waals surface area contributed by atoms with Crippen LogP contribution in [0.5, 0.6) is 23.0 Å². The Morgan fingerprint density at radius 3 is 2.27 bits per heavy atom. The number of hydrogen-bond acceptors (Lipinski definition) is 6. The Labute approximate surface area is 126 Å². The molecule has 7 heteroatoms. The van der Waals surface area contributed by atoms with Crippen molar-refractivity contribution in [1.29, 1.82) is 0 Å². The predicted molar refractivity (Wildman–Crippen MR) is 79.5 cm³/mol. The molecular formula is C15H14N2O5. The molecule has 0 unspecified atom stereocenters. The summed E-state index contributed by atoms with van der Waals surface area (Å²) in [6, 6.07) is 9.05. The molecule has 0 saturated heterocycles. The number of amides is 1. The molecule has 7 nitrogen and oxygen atoms in total. The number of benzene rings is 2. The summed E-state index contributed by atoms with van der Waals surface area (Å²) in [6.45, 7) is 0. The maximum atomic E-state index is 11.8. The van der Waals surface area contributed by atoms with Crippen molar-refractivity contribution in [2.45, 2.75) is 0 Å². The number of phenolic OH excluding ortho intramolecular Hbond substituents is 3. The van der Waals surface area contributed by atoms with Crippen LogP contribution < -0.4 is 10.2 Å². The Morgan fingerprint density at radius 1 is 1.14 bits per heavy atom. The number of hydrazone groups is 1. The molecule has 22 heavy (non-hydrogen) atoms. The number of ether oxygens (including phenoxy) is 1. The molecule has 2 aromatic rings. The van der Waals surface area contributed by atoms with Crippen LogP contribution >= 0.6 is 0 Å². The van der Waals surface area contributed by atoms with Gasteiger partial charge < -0.3 is 20.1 Å². The highest BCUT2D eigenvalue weighted by Gasteiger charge is 2.12. The summed E-state index contributed by atoms with van der Waals surface area (Å²) in [4.78, 5) is 11.8. The topological polar surface area (TPSA) is 111 Å². The van der Waals surface area contributed by atoms with Gasteiger partial charge in [0.05, 0.1) is 13.3 Å². The summed E-state index contributed by atoms with van der Waals surface area (Å²) < 4.78 is 5.02. The molecule has 2 aromatic carbocycles. The second kappa shape index (κ2) is 6.49. The molecular weight excluding hydrogens is 288 g/mol. The van der Waals surface area contributed by atoms with Crippen molar-refractivity contribution in [3.8, 4) is 23.0 Å². The van der Waals surface area contributed by atoms with E-state index < -0.39 is 23.2 Å². The third-order valence-electron chi connectivity index (χ3n) is 2.83. The third-order valence-corrected chi connectivity index (χ3v) is 2.83.